The van der Waals surface area contributed by atoms with Gasteiger partial charge in [0.1, 0.15) is 6.04 Å². The Balaban J connectivity index is 1.31. The molecule has 0 bridgehead atoms. The molecule has 8 nitrogen and oxygen atoms in total. The highest BCUT2D eigenvalue weighted by molar-refractivity contribution is 6.00. The first kappa shape index (κ1) is 29.5. The average Bonchev–Trinajstić information content (AvgIpc) is 3.48. The van der Waals surface area contributed by atoms with Crippen LogP contribution in [0.4, 0.5) is 10.1 Å². The molecule has 0 spiro atoms. The van der Waals surface area contributed by atoms with Crippen molar-refractivity contribution < 1.29 is 14.0 Å². The van der Waals surface area contributed by atoms with Gasteiger partial charge in [0.15, 0.2) is 5.67 Å². The van der Waals surface area contributed by atoms with Crippen LogP contribution in [-0.4, -0.2) is 37.9 Å². The fourth-order valence-corrected chi connectivity index (χ4v) is 6.30. The molecule has 2 aliphatic rings. The number of hydrogen-bond acceptors (Lipinski definition) is 4. The summed E-state index contributed by atoms with van der Waals surface area (Å²) < 4.78 is 18.4. The maximum absolute atomic E-state index is 14.9. The van der Waals surface area contributed by atoms with Crippen molar-refractivity contribution in [1.29, 1.82) is 0 Å². The Kier molecular flexibility index (Phi) is 7.51. The van der Waals surface area contributed by atoms with E-state index in [1.165, 1.54) is 0 Å². The topological polar surface area (TPSA) is 98.0 Å². The van der Waals surface area contributed by atoms with Crippen LogP contribution in [0, 0.1) is 13.8 Å². The fourth-order valence-electron chi connectivity index (χ4n) is 6.30. The van der Waals surface area contributed by atoms with E-state index >= 15 is 0 Å². The number of fused-ring (bicyclic) bond motifs is 1. The SMILES string of the molecule is Cc1cnn(C)c1-c1ccc(NC(=O)[C@@H](NC(=O)C2(F)CC2)[C@@H]2CCc3ccc(-c4cc(C)c(=O)n(C(C)C)c4)cc32)cc1. The van der Waals surface area contributed by atoms with Crippen LogP contribution in [0.3, 0.4) is 0 Å². The summed E-state index contributed by atoms with van der Waals surface area (Å²) in [7, 11) is 1.88. The van der Waals surface area contributed by atoms with Crippen LogP contribution in [0.5, 0.6) is 0 Å². The zero-order valence-corrected chi connectivity index (χ0v) is 25.8. The lowest BCUT2D eigenvalue weighted by Crippen LogP contribution is -2.50. The number of halogens is 1. The van der Waals surface area contributed by atoms with E-state index in [9.17, 15) is 18.8 Å². The monoisotopic (exact) mass is 595 g/mol. The molecule has 2 atom stereocenters. The number of hydrogen-bond donors (Lipinski definition) is 2. The number of nitrogens with zero attached hydrogens (tertiary/aromatic N) is 3. The smallest absolute Gasteiger partial charge is 0.258 e. The molecule has 44 heavy (non-hydrogen) atoms. The molecule has 0 aliphatic heterocycles. The van der Waals surface area contributed by atoms with Gasteiger partial charge in [-0.25, -0.2) is 4.39 Å². The number of rotatable bonds is 8. The molecule has 9 heteroatoms. The summed E-state index contributed by atoms with van der Waals surface area (Å²) in [5.74, 6) is -1.46. The lowest BCUT2D eigenvalue weighted by atomic mass is 9.90. The molecule has 6 rings (SSSR count). The van der Waals surface area contributed by atoms with Crippen molar-refractivity contribution in [1.82, 2.24) is 19.7 Å². The molecule has 2 aromatic carbocycles. The van der Waals surface area contributed by atoms with E-state index in [1.54, 1.807) is 4.57 Å². The minimum absolute atomic E-state index is 0.00396. The average molecular weight is 596 g/mol. The van der Waals surface area contributed by atoms with E-state index in [0.29, 0.717) is 17.7 Å². The summed E-state index contributed by atoms with van der Waals surface area (Å²) in [6, 6.07) is 14.6. The van der Waals surface area contributed by atoms with Crippen molar-refractivity contribution in [3.8, 4) is 22.4 Å². The summed E-state index contributed by atoms with van der Waals surface area (Å²) in [5.41, 5.74) is 6.17. The number of pyridine rings is 1. The second-order valence-corrected chi connectivity index (χ2v) is 12.6. The van der Waals surface area contributed by atoms with Crippen LogP contribution in [-0.2, 0) is 23.1 Å². The van der Waals surface area contributed by atoms with Gasteiger partial charge >= 0.3 is 0 Å². The van der Waals surface area contributed by atoms with Crippen molar-refractivity contribution in [3.05, 3.63) is 93.5 Å². The van der Waals surface area contributed by atoms with Crippen LogP contribution >= 0.6 is 0 Å². The quantitative estimate of drug-likeness (QED) is 0.270. The van der Waals surface area contributed by atoms with Gasteiger partial charge in [0.05, 0.1) is 11.9 Å². The molecule has 2 N–H and O–H groups in total. The third-order valence-corrected chi connectivity index (χ3v) is 9.00. The van der Waals surface area contributed by atoms with E-state index in [1.807, 2.05) is 88.2 Å². The first-order valence-corrected chi connectivity index (χ1v) is 15.2. The Morgan fingerprint density at radius 2 is 1.70 bits per heavy atom. The van der Waals surface area contributed by atoms with Gasteiger partial charge in [0.2, 0.25) is 5.91 Å². The lowest BCUT2D eigenvalue weighted by Gasteiger charge is -2.26. The molecule has 4 aromatic rings. The van der Waals surface area contributed by atoms with Gasteiger partial charge in [-0.15, -0.1) is 0 Å². The molecular weight excluding hydrogens is 557 g/mol. The van der Waals surface area contributed by atoms with Gasteiger partial charge in [0.25, 0.3) is 11.5 Å². The first-order chi connectivity index (χ1) is 20.9. The van der Waals surface area contributed by atoms with E-state index < -0.39 is 17.6 Å². The number of carbonyl (C=O) groups excluding carboxylic acids is 2. The Morgan fingerprint density at radius 3 is 2.34 bits per heavy atom. The molecule has 2 amide bonds. The maximum Gasteiger partial charge on any atom is 0.258 e. The molecule has 2 heterocycles. The Hall–Kier alpha value is -4.53. The summed E-state index contributed by atoms with van der Waals surface area (Å²) in [4.78, 5) is 39.5. The van der Waals surface area contributed by atoms with Gasteiger partial charge in [-0.3, -0.25) is 19.1 Å². The molecule has 0 saturated heterocycles. The standard InChI is InChI=1S/C35H38FN5O3/c1-20(2)41-19-26(16-21(3)33(41)43)25-7-6-23-10-13-28(29(23)17-25)30(39-34(44)35(36)14-15-35)32(42)38-27-11-8-24(9-12-27)31-22(4)18-37-40(31)5/h6-9,11-12,16-20,28,30H,10,13-15H2,1-5H3,(H,38,42)(H,39,44)/t28-,30+/m1/s1. The molecule has 2 aromatic heterocycles. The number of aryl methyl sites for hydroxylation is 4. The predicted molar refractivity (Wildman–Crippen MR) is 169 cm³/mol. The van der Waals surface area contributed by atoms with Crippen molar-refractivity contribution >= 4 is 17.5 Å². The van der Waals surface area contributed by atoms with Crippen molar-refractivity contribution in [2.24, 2.45) is 7.05 Å². The summed E-state index contributed by atoms with van der Waals surface area (Å²) >= 11 is 0. The second-order valence-electron chi connectivity index (χ2n) is 12.6. The van der Waals surface area contributed by atoms with E-state index in [4.69, 9.17) is 0 Å². The van der Waals surface area contributed by atoms with E-state index in [0.717, 1.165) is 45.5 Å². The number of nitrogens with one attached hydrogen (secondary N) is 2. The predicted octanol–water partition coefficient (Wildman–Crippen LogP) is 5.77. The zero-order chi connectivity index (χ0) is 31.3. The normalized spacial score (nSPS) is 17.3. The highest BCUT2D eigenvalue weighted by atomic mass is 19.1. The van der Waals surface area contributed by atoms with Crippen molar-refractivity contribution in [2.75, 3.05) is 5.32 Å². The summed E-state index contributed by atoms with van der Waals surface area (Å²) in [6.07, 6.45) is 5.39. The number of carbonyl (C=O) groups is 2. The van der Waals surface area contributed by atoms with Gasteiger partial charge < -0.3 is 15.2 Å². The molecule has 1 saturated carbocycles. The number of anilines is 1. The minimum Gasteiger partial charge on any atom is -0.341 e. The molecule has 228 valence electrons. The van der Waals surface area contributed by atoms with Crippen LogP contribution in [0.25, 0.3) is 22.4 Å². The van der Waals surface area contributed by atoms with Gasteiger partial charge in [-0.2, -0.15) is 5.10 Å². The van der Waals surface area contributed by atoms with Crippen LogP contribution in [0.2, 0.25) is 0 Å². The van der Waals surface area contributed by atoms with Crippen LogP contribution in [0.1, 0.15) is 67.3 Å². The van der Waals surface area contributed by atoms with E-state index in [-0.39, 0.29) is 36.3 Å². The molecule has 1 fully saturated rings. The highest BCUT2D eigenvalue weighted by Gasteiger charge is 2.52. The van der Waals surface area contributed by atoms with Crippen LogP contribution in [0.15, 0.2) is 65.7 Å². The Labute approximate surface area is 256 Å². The van der Waals surface area contributed by atoms with Crippen molar-refractivity contribution in [2.45, 2.75) is 77.0 Å². The zero-order valence-electron chi connectivity index (χ0n) is 25.8. The maximum atomic E-state index is 14.9. The third-order valence-electron chi connectivity index (χ3n) is 9.00. The minimum atomic E-state index is -1.91. The van der Waals surface area contributed by atoms with Gasteiger partial charge in [-0.1, -0.05) is 30.3 Å². The molecule has 2 aliphatic carbocycles. The number of aromatic nitrogens is 3. The fraction of sp³-hybridized carbons (Fsp3) is 0.371. The summed E-state index contributed by atoms with van der Waals surface area (Å²) in [5, 5.41) is 10.1. The second kappa shape index (κ2) is 11.2. The Bertz CT molecular complexity index is 1800. The van der Waals surface area contributed by atoms with Crippen molar-refractivity contribution in [3.63, 3.8) is 0 Å². The first-order valence-electron chi connectivity index (χ1n) is 15.2. The van der Waals surface area contributed by atoms with Crippen LogP contribution < -0.4 is 16.2 Å². The lowest BCUT2D eigenvalue weighted by molar-refractivity contribution is -0.131. The highest BCUT2D eigenvalue weighted by Crippen LogP contribution is 2.42. The number of amides is 2. The largest absolute Gasteiger partial charge is 0.341 e. The molecule has 0 unspecified atom stereocenters. The Morgan fingerprint density at radius 1 is 1.00 bits per heavy atom. The third kappa shape index (κ3) is 5.47. The number of benzene rings is 2. The molecule has 0 radical (unpaired) electrons. The van der Waals surface area contributed by atoms with E-state index in [2.05, 4.69) is 27.9 Å². The van der Waals surface area contributed by atoms with Gasteiger partial charge in [0, 0.05) is 42.0 Å². The molecular formula is C35H38FN5O3. The van der Waals surface area contributed by atoms with Gasteiger partial charge in [-0.05, 0) is 99.4 Å². The summed E-state index contributed by atoms with van der Waals surface area (Å²) in [6.45, 7) is 7.75. The number of alkyl halides is 1.